The van der Waals surface area contributed by atoms with Crippen molar-refractivity contribution in [3.8, 4) is 0 Å². The van der Waals surface area contributed by atoms with Crippen molar-refractivity contribution in [2.45, 2.75) is 56.6 Å². The summed E-state index contributed by atoms with van der Waals surface area (Å²) in [5, 5.41) is 16.2. The van der Waals surface area contributed by atoms with Crippen LogP contribution in [0, 0.1) is 23.1 Å². The zero-order chi connectivity index (χ0) is 19.4. The molecule has 0 saturated heterocycles. The Labute approximate surface area is 169 Å². The Bertz CT molecular complexity index is 849. The van der Waals surface area contributed by atoms with Crippen LogP contribution in [-0.2, 0) is 4.79 Å². The molecule has 4 bridgehead atoms. The van der Waals surface area contributed by atoms with Crippen LogP contribution in [0.5, 0.6) is 0 Å². The fourth-order valence-corrected chi connectivity index (χ4v) is 7.39. The SMILES string of the molecule is O=C(CC12C[C@H]3C[C@@H](CC(O)(C3)C1)C2)N[C@H](c1ccc(F)cc1)c1cccs1. The molecule has 0 unspecified atom stereocenters. The number of carbonyl (C=O) groups is 1. The Hall–Kier alpha value is -1.72. The molecule has 28 heavy (non-hydrogen) atoms. The number of hydrogen-bond donors (Lipinski definition) is 2. The second kappa shape index (κ2) is 6.67. The highest BCUT2D eigenvalue weighted by molar-refractivity contribution is 7.10. The summed E-state index contributed by atoms with van der Waals surface area (Å²) in [7, 11) is 0. The number of benzene rings is 1. The van der Waals surface area contributed by atoms with Gasteiger partial charge in [-0.05, 0) is 84.9 Å². The molecule has 0 spiro atoms. The third-order valence-electron chi connectivity index (χ3n) is 7.02. The molecule has 3 nitrogen and oxygen atoms in total. The number of rotatable bonds is 5. The summed E-state index contributed by atoms with van der Waals surface area (Å²) < 4.78 is 13.4. The van der Waals surface area contributed by atoms with Gasteiger partial charge in [0.05, 0.1) is 11.6 Å². The standard InChI is InChI=1S/C23H26FNO2S/c24-18-5-3-17(4-6-18)21(19-2-1-7-28-19)25-20(26)13-22-9-15-8-16(10-22)12-23(27,11-15)14-22/h1-7,15-16,21,27H,8-14H2,(H,25,26)/t15-,16-,21-,22?,23?/m1/s1. The van der Waals surface area contributed by atoms with Crippen molar-refractivity contribution in [2.24, 2.45) is 17.3 Å². The fraction of sp³-hybridized carbons (Fsp3) is 0.522. The summed E-state index contributed by atoms with van der Waals surface area (Å²) in [6, 6.07) is 10.1. The summed E-state index contributed by atoms with van der Waals surface area (Å²) in [5.41, 5.74) is 0.293. The predicted molar refractivity (Wildman–Crippen MR) is 107 cm³/mol. The zero-order valence-corrected chi connectivity index (χ0v) is 16.7. The van der Waals surface area contributed by atoms with Crippen molar-refractivity contribution in [3.05, 3.63) is 58.0 Å². The first-order valence-electron chi connectivity index (χ1n) is 10.2. The van der Waals surface area contributed by atoms with Gasteiger partial charge in [0.15, 0.2) is 0 Å². The molecule has 1 amide bonds. The van der Waals surface area contributed by atoms with Crippen LogP contribution in [0.1, 0.15) is 61.4 Å². The minimum Gasteiger partial charge on any atom is -0.390 e. The van der Waals surface area contributed by atoms with Crippen LogP contribution in [0.3, 0.4) is 0 Å². The fourth-order valence-electron chi connectivity index (χ4n) is 6.59. The largest absolute Gasteiger partial charge is 0.390 e. The normalized spacial score (nSPS) is 34.4. The van der Waals surface area contributed by atoms with Crippen LogP contribution in [0.4, 0.5) is 4.39 Å². The topological polar surface area (TPSA) is 49.3 Å². The maximum Gasteiger partial charge on any atom is 0.221 e. The number of nitrogens with one attached hydrogen (secondary N) is 1. The van der Waals surface area contributed by atoms with Gasteiger partial charge in [-0.3, -0.25) is 4.79 Å². The molecule has 2 N–H and O–H groups in total. The quantitative estimate of drug-likeness (QED) is 0.758. The summed E-state index contributed by atoms with van der Waals surface area (Å²) in [4.78, 5) is 14.2. The van der Waals surface area contributed by atoms with Crippen molar-refractivity contribution in [1.82, 2.24) is 5.32 Å². The number of amides is 1. The molecule has 2 aromatic rings. The first-order valence-corrected chi connectivity index (χ1v) is 11.1. The van der Waals surface area contributed by atoms with Crippen LogP contribution < -0.4 is 5.32 Å². The van der Waals surface area contributed by atoms with E-state index in [1.807, 2.05) is 17.5 Å². The molecule has 4 saturated carbocycles. The van der Waals surface area contributed by atoms with E-state index in [-0.39, 0.29) is 23.2 Å². The van der Waals surface area contributed by atoms with E-state index in [0.717, 1.165) is 42.5 Å². The third kappa shape index (κ3) is 3.39. The highest BCUT2D eigenvalue weighted by Gasteiger charge is 2.57. The average molecular weight is 400 g/mol. The van der Waals surface area contributed by atoms with Gasteiger partial charge >= 0.3 is 0 Å². The monoisotopic (exact) mass is 399 g/mol. The van der Waals surface area contributed by atoms with Gasteiger partial charge in [0.2, 0.25) is 5.91 Å². The molecule has 4 aliphatic rings. The van der Waals surface area contributed by atoms with Gasteiger partial charge in [-0.15, -0.1) is 11.3 Å². The molecule has 1 aromatic heterocycles. The number of hydrogen-bond acceptors (Lipinski definition) is 3. The molecule has 4 aliphatic carbocycles. The third-order valence-corrected chi connectivity index (χ3v) is 7.96. The van der Waals surface area contributed by atoms with E-state index in [4.69, 9.17) is 0 Å². The minimum absolute atomic E-state index is 0.0354. The second-order valence-electron chi connectivity index (χ2n) is 9.43. The maximum atomic E-state index is 13.4. The average Bonchev–Trinajstić information content (AvgIpc) is 3.12. The molecule has 3 atom stereocenters. The molecule has 148 valence electrons. The lowest BCUT2D eigenvalue weighted by molar-refractivity contribution is -0.169. The molecule has 0 radical (unpaired) electrons. The van der Waals surface area contributed by atoms with Gasteiger partial charge in [-0.1, -0.05) is 18.2 Å². The van der Waals surface area contributed by atoms with Crippen LogP contribution in [-0.4, -0.2) is 16.6 Å². The van der Waals surface area contributed by atoms with E-state index < -0.39 is 5.60 Å². The zero-order valence-electron chi connectivity index (χ0n) is 15.9. The van der Waals surface area contributed by atoms with Gasteiger partial charge < -0.3 is 10.4 Å². The molecule has 1 heterocycles. The number of aliphatic hydroxyl groups is 1. The highest BCUT2D eigenvalue weighted by atomic mass is 32.1. The second-order valence-corrected chi connectivity index (χ2v) is 10.4. The summed E-state index contributed by atoms with van der Waals surface area (Å²) in [5.74, 6) is 0.906. The Morgan fingerprint density at radius 3 is 2.50 bits per heavy atom. The first kappa shape index (κ1) is 18.3. The van der Waals surface area contributed by atoms with Gasteiger partial charge in [-0.25, -0.2) is 4.39 Å². The summed E-state index contributed by atoms with van der Waals surface area (Å²) in [6.07, 6.45) is 6.44. The molecule has 5 heteroatoms. The van der Waals surface area contributed by atoms with Crippen LogP contribution in [0.25, 0.3) is 0 Å². The van der Waals surface area contributed by atoms with Crippen molar-refractivity contribution in [1.29, 1.82) is 0 Å². The maximum absolute atomic E-state index is 13.4. The van der Waals surface area contributed by atoms with E-state index in [1.54, 1.807) is 23.5 Å². The molecular weight excluding hydrogens is 373 g/mol. The Morgan fingerprint density at radius 2 is 1.89 bits per heavy atom. The Balaban J connectivity index is 1.35. The van der Waals surface area contributed by atoms with Gasteiger partial charge in [0, 0.05) is 11.3 Å². The van der Waals surface area contributed by atoms with E-state index >= 15 is 0 Å². The van der Waals surface area contributed by atoms with Crippen molar-refractivity contribution in [3.63, 3.8) is 0 Å². The van der Waals surface area contributed by atoms with E-state index in [1.165, 1.54) is 18.6 Å². The van der Waals surface area contributed by atoms with Crippen molar-refractivity contribution < 1.29 is 14.3 Å². The van der Waals surface area contributed by atoms with Crippen LogP contribution >= 0.6 is 11.3 Å². The van der Waals surface area contributed by atoms with Gasteiger partial charge in [0.1, 0.15) is 5.82 Å². The molecular formula is C23H26FNO2S. The van der Waals surface area contributed by atoms with Gasteiger partial charge in [0.25, 0.3) is 0 Å². The van der Waals surface area contributed by atoms with E-state index in [2.05, 4.69) is 5.32 Å². The van der Waals surface area contributed by atoms with E-state index in [9.17, 15) is 14.3 Å². The highest BCUT2D eigenvalue weighted by Crippen LogP contribution is 2.62. The van der Waals surface area contributed by atoms with Crippen molar-refractivity contribution >= 4 is 17.2 Å². The smallest absolute Gasteiger partial charge is 0.221 e. The Morgan fingerprint density at radius 1 is 1.18 bits per heavy atom. The number of halogens is 1. The minimum atomic E-state index is -0.547. The lowest BCUT2D eigenvalue weighted by Gasteiger charge is -2.60. The van der Waals surface area contributed by atoms with Crippen LogP contribution in [0.15, 0.2) is 41.8 Å². The lowest BCUT2D eigenvalue weighted by Crippen LogP contribution is -2.56. The predicted octanol–water partition coefficient (Wildman–Crippen LogP) is 4.81. The Kier molecular flexibility index (Phi) is 4.36. The molecule has 0 aliphatic heterocycles. The molecule has 1 aromatic carbocycles. The van der Waals surface area contributed by atoms with Gasteiger partial charge in [-0.2, -0.15) is 0 Å². The first-order chi connectivity index (χ1) is 13.4. The number of carbonyl (C=O) groups excluding carboxylic acids is 1. The van der Waals surface area contributed by atoms with Crippen molar-refractivity contribution in [2.75, 3.05) is 0 Å². The summed E-state index contributed by atoms with van der Waals surface area (Å²) >= 11 is 1.59. The van der Waals surface area contributed by atoms with E-state index in [0.29, 0.717) is 18.3 Å². The van der Waals surface area contributed by atoms with Crippen LogP contribution in [0.2, 0.25) is 0 Å². The number of thiophene rings is 1. The molecule has 4 fully saturated rings. The molecule has 6 rings (SSSR count). The summed E-state index contributed by atoms with van der Waals surface area (Å²) in [6.45, 7) is 0. The lowest BCUT2D eigenvalue weighted by atomic mass is 9.47.